The first-order chi connectivity index (χ1) is 11.1. The van der Waals surface area contributed by atoms with Crippen molar-refractivity contribution in [2.24, 2.45) is 0 Å². The van der Waals surface area contributed by atoms with Crippen LogP contribution in [0.5, 0.6) is 0 Å². The number of Topliss-reactive ketones (excluding diaryl/α,β-unsaturated/α-hetero) is 1. The van der Waals surface area contributed by atoms with Gasteiger partial charge in [-0.2, -0.15) is 0 Å². The molecule has 1 amide bonds. The topological polar surface area (TPSA) is 59.3 Å². The number of ketones is 1. The van der Waals surface area contributed by atoms with E-state index in [1.807, 2.05) is 29.6 Å². The van der Waals surface area contributed by atoms with E-state index < -0.39 is 0 Å². The molecule has 116 valence electrons. The van der Waals surface area contributed by atoms with Crippen LogP contribution in [0.1, 0.15) is 15.4 Å². The highest BCUT2D eigenvalue weighted by Crippen LogP contribution is 2.23. The molecular weight excluding hydrogens is 378 g/mol. The minimum absolute atomic E-state index is 0.0171. The number of nitrogens with one attached hydrogen (secondary N) is 1. The fourth-order valence-corrected chi connectivity index (χ4v) is 3.07. The van der Waals surface area contributed by atoms with Crippen LogP contribution in [-0.2, 0) is 4.79 Å². The van der Waals surface area contributed by atoms with Gasteiger partial charge in [0.15, 0.2) is 5.78 Å². The third kappa shape index (κ3) is 3.97. The number of hydrogen-bond donors (Lipinski definition) is 1. The fourth-order valence-electron chi connectivity index (χ4n) is 2.03. The summed E-state index contributed by atoms with van der Waals surface area (Å²) in [5.74, 6) is 0.143. The van der Waals surface area contributed by atoms with E-state index >= 15 is 0 Å². The summed E-state index contributed by atoms with van der Waals surface area (Å²) in [6.07, 6.45) is 2.94. The lowest BCUT2D eigenvalue weighted by molar-refractivity contribution is -0.116. The van der Waals surface area contributed by atoms with Crippen LogP contribution >= 0.6 is 27.3 Å². The number of halogens is 1. The molecule has 0 saturated heterocycles. The SMILES string of the molecule is O=C(C=Cc1cc2cc(Br)ccc2o1)NCC(=O)c1cccs1. The van der Waals surface area contributed by atoms with Gasteiger partial charge in [0.1, 0.15) is 11.3 Å². The Morgan fingerprint density at radius 3 is 2.91 bits per heavy atom. The van der Waals surface area contributed by atoms with Gasteiger partial charge < -0.3 is 9.73 Å². The van der Waals surface area contributed by atoms with Crippen LogP contribution in [-0.4, -0.2) is 18.2 Å². The number of carbonyl (C=O) groups is 2. The molecule has 1 aromatic carbocycles. The fraction of sp³-hybridized carbons (Fsp3) is 0.0588. The normalized spacial score (nSPS) is 11.2. The van der Waals surface area contributed by atoms with Crippen LogP contribution in [0.15, 0.2) is 56.7 Å². The molecule has 2 aromatic heterocycles. The van der Waals surface area contributed by atoms with Crippen molar-refractivity contribution in [3.63, 3.8) is 0 Å². The molecule has 0 fully saturated rings. The Bertz CT molecular complexity index is 881. The number of benzene rings is 1. The maximum atomic E-state index is 11.8. The Balaban J connectivity index is 1.60. The van der Waals surface area contributed by atoms with Crippen molar-refractivity contribution in [1.29, 1.82) is 0 Å². The van der Waals surface area contributed by atoms with Crippen molar-refractivity contribution in [1.82, 2.24) is 5.32 Å². The average Bonchev–Trinajstić information content (AvgIpc) is 3.19. The van der Waals surface area contributed by atoms with Crippen molar-refractivity contribution >= 4 is 56.0 Å². The Morgan fingerprint density at radius 2 is 2.13 bits per heavy atom. The van der Waals surface area contributed by atoms with Crippen molar-refractivity contribution in [2.75, 3.05) is 6.54 Å². The highest BCUT2D eigenvalue weighted by Gasteiger charge is 2.07. The minimum Gasteiger partial charge on any atom is -0.457 e. The monoisotopic (exact) mass is 389 g/mol. The summed E-state index contributed by atoms with van der Waals surface area (Å²) in [4.78, 5) is 24.2. The third-order valence-corrected chi connectivity index (χ3v) is 4.52. The molecule has 1 N–H and O–H groups in total. The molecule has 0 spiro atoms. The second-order valence-electron chi connectivity index (χ2n) is 4.78. The molecule has 0 saturated carbocycles. The molecule has 23 heavy (non-hydrogen) atoms. The molecule has 0 aliphatic heterocycles. The van der Waals surface area contributed by atoms with E-state index in [-0.39, 0.29) is 18.2 Å². The van der Waals surface area contributed by atoms with Gasteiger partial charge in [-0.25, -0.2) is 0 Å². The quantitative estimate of drug-likeness (QED) is 0.523. The summed E-state index contributed by atoms with van der Waals surface area (Å²) in [6, 6.07) is 11.1. The number of hydrogen-bond acceptors (Lipinski definition) is 4. The van der Waals surface area contributed by atoms with Gasteiger partial charge in [-0.1, -0.05) is 22.0 Å². The van der Waals surface area contributed by atoms with E-state index in [0.29, 0.717) is 10.6 Å². The second-order valence-corrected chi connectivity index (χ2v) is 6.65. The van der Waals surface area contributed by atoms with Gasteiger partial charge in [0, 0.05) is 15.9 Å². The summed E-state index contributed by atoms with van der Waals surface area (Å²) >= 11 is 4.76. The maximum Gasteiger partial charge on any atom is 0.244 e. The van der Waals surface area contributed by atoms with Crippen LogP contribution in [0.4, 0.5) is 0 Å². The van der Waals surface area contributed by atoms with E-state index in [1.54, 1.807) is 18.2 Å². The van der Waals surface area contributed by atoms with E-state index in [4.69, 9.17) is 4.42 Å². The summed E-state index contributed by atoms with van der Waals surface area (Å²) in [6.45, 7) is -0.0171. The largest absolute Gasteiger partial charge is 0.457 e. The highest BCUT2D eigenvalue weighted by atomic mass is 79.9. The molecule has 4 nitrogen and oxygen atoms in total. The lowest BCUT2D eigenvalue weighted by Gasteiger charge is -1.99. The molecule has 0 aliphatic carbocycles. The van der Waals surface area contributed by atoms with Crippen molar-refractivity contribution in [2.45, 2.75) is 0 Å². The third-order valence-electron chi connectivity index (χ3n) is 3.12. The van der Waals surface area contributed by atoms with Crippen molar-refractivity contribution in [3.8, 4) is 0 Å². The Hall–Kier alpha value is -2.18. The minimum atomic E-state index is -0.337. The van der Waals surface area contributed by atoms with E-state index in [2.05, 4.69) is 21.2 Å². The molecule has 0 radical (unpaired) electrons. The zero-order valence-corrected chi connectivity index (χ0v) is 14.3. The number of thiophene rings is 1. The number of rotatable bonds is 5. The molecule has 3 rings (SSSR count). The zero-order chi connectivity index (χ0) is 16.2. The highest BCUT2D eigenvalue weighted by molar-refractivity contribution is 9.10. The number of fused-ring (bicyclic) bond motifs is 1. The van der Waals surface area contributed by atoms with Gasteiger partial charge in [0.05, 0.1) is 11.4 Å². The summed E-state index contributed by atoms with van der Waals surface area (Å²) in [7, 11) is 0. The second kappa shape index (κ2) is 6.93. The predicted molar refractivity (Wildman–Crippen MR) is 94.6 cm³/mol. The van der Waals surface area contributed by atoms with Crippen LogP contribution in [0, 0.1) is 0 Å². The van der Waals surface area contributed by atoms with Gasteiger partial charge in [-0.05, 0) is 41.8 Å². The molecule has 2 heterocycles. The molecule has 6 heteroatoms. The first-order valence-electron chi connectivity index (χ1n) is 6.83. The molecule has 0 atom stereocenters. The first kappa shape index (κ1) is 15.7. The number of carbonyl (C=O) groups excluding carboxylic acids is 2. The standard InChI is InChI=1S/C17H12BrNO3S/c18-12-3-5-15-11(8-12)9-13(22-15)4-6-17(21)19-10-14(20)16-2-1-7-23-16/h1-9H,10H2,(H,19,21). The Labute approximate surface area is 144 Å². The lowest BCUT2D eigenvalue weighted by atomic mass is 10.2. The van der Waals surface area contributed by atoms with Crippen LogP contribution in [0.2, 0.25) is 0 Å². The summed E-state index contributed by atoms with van der Waals surface area (Å²) < 4.78 is 6.57. The van der Waals surface area contributed by atoms with Gasteiger partial charge in [0.2, 0.25) is 5.91 Å². The van der Waals surface area contributed by atoms with Crippen molar-refractivity contribution < 1.29 is 14.0 Å². The van der Waals surface area contributed by atoms with Gasteiger partial charge in [-0.3, -0.25) is 9.59 Å². The predicted octanol–water partition coefficient (Wildman–Crippen LogP) is 4.27. The van der Waals surface area contributed by atoms with Crippen molar-refractivity contribution in [3.05, 3.63) is 63.0 Å². The smallest absolute Gasteiger partial charge is 0.244 e. The van der Waals surface area contributed by atoms with Crippen LogP contribution < -0.4 is 5.32 Å². The van der Waals surface area contributed by atoms with Gasteiger partial charge in [-0.15, -0.1) is 11.3 Å². The average molecular weight is 390 g/mol. The first-order valence-corrected chi connectivity index (χ1v) is 8.51. The van der Waals surface area contributed by atoms with Gasteiger partial charge >= 0.3 is 0 Å². The number of amides is 1. The molecule has 0 bridgehead atoms. The zero-order valence-electron chi connectivity index (χ0n) is 11.9. The van der Waals surface area contributed by atoms with E-state index in [0.717, 1.165) is 15.4 Å². The van der Waals surface area contributed by atoms with E-state index in [9.17, 15) is 9.59 Å². The maximum absolute atomic E-state index is 11.8. The molecule has 0 unspecified atom stereocenters. The molecular formula is C17H12BrNO3S. The van der Waals surface area contributed by atoms with Crippen LogP contribution in [0.3, 0.4) is 0 Å². The summed E-state index contributed by atoms with van der Waals surface area (Å²) in [5, 5.41) is 5.35. The summed E-state index contributed by atoms with van der Waals surface area (Å²) in [5.41, 5.74) is 0.751. The van der Waals surface area contributed by atoms with Gasteiger partial charge in [0.25, 0.3) is 0 Å². The molecule has 0 aliphatic rings. The molecule has 3 aromatic rings. The Morgan fingerprint density at radius 1 is 1.26 bits per heavy atom. The lowest BCUT2D eigenvalue weighted by Crippen LogP contribution is -2.27. The Kier molecular flexibility index (Phi) is 4.73. The number of furan rings is 1. The van der Waals surface area contributed by atoms with Crippen LogP contribution in [0.25, 0.3) is 17.0 Å². The van der Waals surface area contributed by atoms with E-state index in [1.165, 1.54) is 17.4 Å².